The van der Waals surface area contributed by atoms with Gasteiger partial charge in [-0.1, -0.05) is 43.2 Å². The Morgan fingerprint density at radius 2 is 1.74 bits per heavy atom. The van der Waals surface area contributed by atoms with E-state index in [-0.39, 0.29) is 12.4 Å². The summed E-state index contributed by atoms with van der Waals surface area (Å²) in [6.45, 7) is 1.51. The zero-order valence-corrected chi connectivity index (χ0v) is 23.4. The largest absolute Gasteiger partial charge is 0.508 e. The number of hydrogen-bond donors (Lipinski definition) is 4. The van der Waals surface area contributed by atoms with E-state index in [1.165, 1.54) is 30.0 Å². The van der Waals surface area contributed by atoms with E-state index in [1.807, 2.05) is 24.3 Å². The van der Waals surface area contributed by atoms with Crippen LogP contribution in [0.2, 0.25) is 0 Å². The third kappa shape index (κ3) is 8.90. The van der Waals surface area contributed by atoms with E-state index in [1.54, 1.807) is 12.1 Å². The lowest BCUT2D eigenvalue weighted by Crippen LogP contribution is -2.23. The number of phenols is 1. The van der Waals surface area contributed by atoms with Gasteiger partial charge >= 0.3 is 0 Å². The minimum atomic E-state index is -0.875. The van der Waals surface area contributed by atoms with Crippen LogP contribution in [0.4, 0.5) is 0 Å². The third-order valence-electron chi connectivity index (χ3n) is 7.37. The average molecular weight is 552 g/mol. The fourth-order valence-electron chi connectivity index (χ4n) is 5.02. The Labute approximate surface area is 234 Å². The smallest absolute Gasteiger partial charge is 0.121 e. The molecule has 1 aliphatic carbocycles. The van der Waals surface area contributed by atoms with Gasteiger partial charge in [0.05, 0.1) is 30.1 Å². The summed E-state index contributed by atoms with van der Waals surface area (Å²) >= 11 is 0. The fraction of sp³-hybridized carbons (Fsp3) is 0.438. The summed E-state index contributed by atoms with van der Waals surface area (Å²) in [5.41, 5.74) is 3.51. The molecule has 0 spiro atoms. The molecule has 210 valence electrons. The topological polar surface area (TPSA) is 99.0 Å². The number of aromatic hydroxyl groups is 1. The number of rotatable bonds is 15. The molecular formula is C32H41NO5S. The number of aryl methyl sites for hydroxylation is 1. The van der Waals surface area contributed by atoms with Gasteiger partial charge in [0.25, 0.3) is 0 Å². The Hall–Kier alpha value is -2.71. The van der Waals surface area contributed by atoms with Crippen LogP contribution in [0.1, 0.15) is 66.9 Å². The van der Waals surface area contributed by atoms with Crippen molar-refractivity contribution >= 4 is 10.8 Å². The van der Waals surface area contributed by atoms with Crippen molar-refractivity contribution in [2.45, 2.75) is 74.2 Å². The SMILES string of the molecule is O=S(c1cccc(CCCCOc2ccc(CCNC[C@H](O)c3ccc(O)c(CO)c3)cc2)c1)C1CCCC1. The zero-order chi connectivity index (χ0) is 27.5. The lowest BCUT2D eigenvalue weighted by atomic mass is 10.1. The molecule has 0 heterocycles. The molecule has 1 aliphatic rings. The second kappa shape index (κ2) is 15.2. The summed E-state index contributed by atoms with van der Waals surface area (Å²) in [6, 6.07) is 21.2. The van der Waals surface area contributed by atoms with Crippen LogP contribution >= 0.6 is 0 Å². The molecule has 1 unspecified atom stereocenters. The van der Waals surface area contributed by atoms with E-state index in [0.717, 1.165) is 55.7 Å². The Morgan fingerprint density at radius 3 is 2.51 bits per heavy atom. The molecule has 7 heteroatoms. The predicted molar refractivity (Wildman–Crippen MR) is 156 cm³/mol. The summed E-state index contributed by atoms with van der Waals surface area (Å²) in [5, 5.41) is 32.9. The van der Waals surface area contributed by atoms with Crippen molar-refractivity contribution in [2.24, 2.45) is 0 Å². The molecule has 6 nitrogen and oxygen atoms in total. The molecule has 1 fully saturated rings. The highest BCUT2D eigenvalue weighted by Crippen LogP contribution is 2.27. The normalized spacial score (nSPS) is 15.3. The fourth-order valence-corrected chi connectivity index (χ4v) is 6.65. The molecule has 1 saturated carbocycles. The summed E-state index contributed by atoms with van der Waals surface area (Å²) in [5.74, 6) is 0.895. The van der Waals surface area contributed by atoms with E-state index < -0.39 is 16.9 Å². The molecule has 0 aliphatic heterocycles. The molecule has 0 amide bonds. The monoisotopic (exact) mass is 551 g/mol. The number of aliphatic hydroxyl groups is 2. The number of aliphatic hydroxyl groups excluding tert-OH is 2. The molecule has 0 aromatic heterocycles. The van der Waals surface area contributed by atoms with E-state index in [2.05, 4.69) is 29.6 Å². The van der Waals surface area contributed by atoms with Gasteiger partial charge < -0.3 is 25.4 Å². The first-order valence-corrected chi connectivity index (χ1v) is 15.3. The van der Waals surface area contributed by atoms with Gasteiger partial charge in [-0.2, -0.15) is 0 Å². The number of hydrogen-bond acceptors (Lipinski definition) is 6. The highest BCUT2D eigenvalue weighted by molar-refractivity contribution is 7.85. The van der Waals surface area contributed by atoms with Crippen LogP contribution in [0.5, 0.6) is 11.5 Å². The van der Waals surface area contributed by atoms with Crippen molar-refractivity contribution in [3.8, 4) is 11.5 Å². The van der Waals surface area contributed by atoms with Crippen LogP contribution in [-0.4, -0.2) is 44.5 Å². The van der Waals surface area contributed by atoms with Gasteiger partial charge in [0.2, 0.25) is 0 Å². The first-order valence-electron chi connectivity index (χ1n) is 14.1. The highest BCUT2D eigenvalue weighted by atomic mass is 32.2. The van der Waals surface area contributed by atoms with Crippen molar-refractivity contribution in [2.75, 3.05) is 19.7 Å². The molecule has 0 saturated heterocycles. The van der Waals surface area contributed by atoms with Gasteiger partial charge in [0.1, 0.15) is 11.5 Å². The molecule has 0 bridgehead atoms. The number of nitrogens with one attached hydrogen (secondary N) is 1. The Kier molecular flexibility index (Phi) is 11.4. The lowest BCUT2D eigenvalue weighted by molar-refractivity contribution is 0.174. The maximum Gasteiger partial charge on any atom is 0.121 e. The highest BCUT2D eigenvalue weighted by Gasteiger charge is 2.22. The molecular weight excluding hydrogens is 510 g/mol. The number of unbranched alkanes of at least 4 members (excludes halogenated alkanes) is 1. The molecule has 3 aromatic rings. The van der Waals surface area contributed by atoms with Crippen molar-refractivity contribution < 1.29 is 24.3 Å². The van der Waals surface area contributed by atoms with Gasteiger partial charge in [-0.15, -0.1) is 0 Å². The van der Waals surface area contributed by atoms with Crippen molar-refractivity contribution in [3.05, 3.63) is 89.0 Å². The molecule has 4 rings (SSSR count). The Balaban J connectivity index is 1.10. The average Bonchev–Trinajstić information content (AvgIpc) is 3.51. The predicted octanol–water partition coefficient (Wildman–Crippen LogP) is 5.20. The van der Waals surface area contributed by atoms with Crippen molar-refractivity contribution in [3.63, 3.8) is 0 Å². The van der Waals surface area contributed by atoms with Crippen LogP contribution in [0.15, 0.2) is 71.6 Å². The van der Waals surface area contributed by atoms with Gasteiger partial charge in [-0.05, 0) is 98.2 Å². The number of ether oxygens (including phenoxy) is 1. The molecule has 0 radical (unpaired) electrons. The summed E-state index contributed by atoms with van der Waals surface area (Å²) < 4.78 is 18.7. The second-order valence-corrected chi connectivity index (χ2v) is 12.0. The second-order valence-electron chi connectivity index (χ2n) is 10.3. The van der Waals surface area contributed by atoms with Crippen LogP contribution in [0.25, 0.3) is 0 Å². The van der Waals surface area contributed by atoms with E-state index >= 15 is 0 Å². The van der Waals surface area contributed by atoms with E-state index in [0.29, 0.717) is 29.5 Å². The van der Waals surface area contributed by atoms with Gasteiger partial charge in [0.15, 0.2) is 0 Å². The zero-order valence-electron chi connectivity index (χ0n) is 22.6. The summed E-state index contributed by atoms with van der Waals surface area (Å²) in [7, 11) is -0.875. The van der Waals surface area contributed by atoms with Gasteiger partial charge in [-0.25, -0.2) is 0 Å². The van der Waals surface area contributed by atoms with Crippen molar-refractivity contribution in [1.82, 2.24) is 5.32 Å². The van der Waals surface area contributed by atoms with Crippen LogP contribution in [0.3, 0.4) is 0 Å². The lowest BCUT2D eigenvalue weighted by Gasteiger charge is -2.14. The molecule has 2 atom stereocenters. The maximum atomic E-state index is 12.8. The molecule has 4 N–H and O–H groups in total. The first kappa shape index (κ1) is 29.3. The first-order chi connectivity index (χ1) is 19.0. The Morgan fingerprint density at radius 1 is 0.949 bits per heavy atom. The van der Waals surface area contributed by atoms with Crippen LogP contribution in [0, 0.1) is 0 Å². The minimum absolute atomic E-state index is 0.0313. The third-order valence-corrected chi connectivity index (χ3v) is 9.17. The maximum absolute atomic E-state index is 12.8. The quantitative estimate of drug-likeness (QED) is 0.194. The van der Waals surface area contributed by atoms with Crippen LogP contribution in [-0.2, 0) is 30.2 Å². The van der Waals surface area contributed by atoms with Crippen molar-refractivity contribution in [1.29, 1.82) is 0 Å². The Bertz CT molecular complexity index is 1190. The number of benzene rings is 3. The van der Waals surface area contributed by atoms with Gasteiger partial charge in [0, 0.05) is 22.3 Å². The summed E-state index contributed by atoms with van der Waals surface area (Å²) in [4.78, 5) is 0.982. The van der Waals surface area contributed by atoms with E-state index in [4.69, 9.17) is 4.74 Å². The molecule has 3 aromatic carbocycles. The minimum Gasteiger partial charge on any atom is -0.508 e. The van der Waals surface area contributed by atoms with E-state index in [9.17, 15) is 19.5 Å². The molecule has 39 heavy (non-hydrogen) atoms. The van der Waals surface area contributed by atoms with Crippen LogP contribution < -0.4 is 10.1 Å². The van der Waals surface area contributed by atoms with Gasteiger partial charge in [-0.3, -0.25) is 4.21 Å². The summed E-state index contributed by atoms with van der Waals surface area (Å²) in [6.07, 6.45) is 7.67. The standard InChI is InChI=1S/C32H41NO5S/c34-23-27-21-26(13-16-31(27)35)32(36)22-33-18-17-24-11-14-28(15-12-24)38-19-4-3-6-25-7-5-10-30(20-25)39(37)29-8-1-2-9-29/h5,7,10-16,20-21,29,32-36H,1-4,6,8-9,17-19,22-23H2/t32-,39?/m0/s1.